The lowest BCUT2D eigenvalue weighted by molar-refractivity contribution is -0.687. The summed E-state index contributed by atoms with van der Waals surface area (Å²) in [5, 5.41) is 22.8. The number of aliphatic carboxylic acids is 1. The monoisotopic (exact) mass is 524 g/mol. The molecule has 1 fully saturated rings. The van der Waals surface area contributed by atoms with Crippen molar-refractivity contribution in [3.05, 3.63) is 53.8 Å². The topological polar surface area (TPSA) is 206 Å². The van der Waals surface area contributed by atoms with Gasteiger partial charge in [0.15, 0.2) is 18.9 Å². The predicted molar refractivity (Wildman–Crippen MR) is 128 cm³/mol. The van der Waals surface area contributed by atoms with Crippen molar-refractivity contribution >= 4 is 57.7 Å². The zero-order chi connectivity index (χ0) is 26.3. The number of carbonyl (C=O) groups is 3. The molecule has 2 amide bonds. The zero-order valence-corrected chi connectivity index (χ0v) is 20.1. The van der Waals surface area contributed by atoms with Crippen LogP contribution < -0.4 is 26.5 Å². The molecule has 3 aromatic rings. The molecule has 190 valence electrons. The van der Waals surface area contributed by atoms with Crippen LogP contribution in [0.15, 0.2) is 57.6 Å². The molecular weight excluding hydrogens is 504 g/mol. The molecule has 2 aliphatic heterocycles. The summed E-state index contributed by atoms with van der Waals surface area (Å²) in [6, 6.07) is 6.07. The maximum Gasteiger partial charge on any atom is 0.319 e. The van der Waals surface area contributed by atoms with Crippen LogP contribution in [0.4, 0.5) is 11.7 Å². The number of carboxylic acids is 1. The number of aromatic nitrogens is 3. The van der Waals surface area contributed by atoms with Gasteiger partial charge >= 0.3 is 6.01 Å². The second kappa shape index (κ2) is 9.42. The van der Waals surface area contributed by atoms with Gasteiger partial charge in [0.05, 0.1) is 11.7 Å². The van der Waals surface area contributed by atoms with E-state index in [1.54, 1.807) is 12.3 Å². The first kappa shape index (κ1) is 24.1. The number of rotatable bonds is 7. The molecular formula is C22H20N8O6S. The number of β-lactam (4-membered cyclic amide) rings is 1. The highest BCUT2D eigenvalue weighted by Crippen LogP contribution is 2.40. The molecule has 2 aliphatic rings. The number of amides is 2. The summed E-state index contributed by atoms with van der Waals surface area (Å²) in [6.07, 6.45) is 3.64. The molecule has 1 saturated heterocycles. The van der Waals surface area contributed by atoms with Crippen LogP contribution in [-0.2, 0) is 25.8 Å². The third-order valence-corrected chi connectivity index (χ3v) is 7.20. The number of thioether (sulfide) groups is 1. The van der Waals surface area contributed by atoms with Crippen molar-refractivity contribution in [1.29, 1.82) is 0 Å². The second-order valence-electron chi connectivity index (χ2n) is 8.15. The van der Waals surface area contributed by atoms with Gasteiger partial charge in [0.1, 0.15) is 18.5 Å². The third-order valence-electron chi connectivity index (χ3n) is 5.86. The average Bonchev–Trinajstić information content (AvgIpc) is 3.31. The van der Waals surface area contributed by atoms with Crippen molar-refractivity contribution in [3.8, 4) is 0 Å². The summed E-state index contributed by atoms with van der Waals surface area (Å²) >= 11 is 1.31. The first-order valence-electron chi connectivity index (χ1n) is 10.9. The minimum Gasteiger partial charge on any atom is -0.543 e. The van der Waals surface area contributed by atoms with Crippen molar-refractivity contribution < 1.29 is 33.4 Å². The molecule has 0 aliphatic carbocycles. The summed E-state index contributed by atoms with van der Waals surface area (Å²) in [7, 11) is 1.21. The van der Waals surface area contributed by atoms with E-state index in [4.69, 9.17) is 11.5 Å². The predicted octanol–water partition coefficient (Wildman–Crippen LogP) is -1.87. The number of nitrogen functional groups attached to an aromatic ring is 2. The smallest absolute Gasteiger partial charge is 0.319 e. The summed E-state index contributed by atoms with van der Waals surface area (Å²) < 4.78 is 6.47. The van der Waals surface area contributed by atoms with E-state index >= 15 is 0 Å². The van der Waals surface area contributed by atoms with E-state index in [9.17, 15) is 19.5 Å². The lowest BCUT2D eigenvalue weighted by Crippen LogP contribution is -2.71. The van der Waals surface area contributed by atoms with E-state index in [2.05, 4.69) is 30.0 Å². The van der Waals surface area contributed by atoms with E-state index in [0.29, 0.717) is 17.0 Å². The maximum atomic E-state index is 13.0. The highest BCUT2D eigenvalue weighted by molar-refractivity contribution is 8.00. The Hall–Kier alpha value is -4.66. The van der Waals surface area contributed by atoms with Crippen molar-refractivity contribution in [3.63, 3.8) is 0 Å². The van der Waals surface area contributed by atoms with E-state index in [-0.39, 0.29) is 29.8 Å². The summed E-state index contributed by atoms with van der Waals surface area (Å²) in [5.41, 5.74) is 12.0. The van der Waals surface area contributed by atoms with Gasteiger partial charge in [-0.2, -0.15) is 4.98 Å². The van der Waals surface area contributed by atoms with E-state index < -0.39 is 29.2 Å². The van der Waals surface area contributed by atoms with Crippen LogP contribution in [0.5, 0.6) is 0 Å². The molecule has 0 bridgehead atoms. The van der Waals surface area contributed by atoms with Crippen molar-refractivity contribution in [2.24, 2.45) is 5.16 Å². The minimum absolute atomic E-state index is 0.212. The molecule has 5 rings (SSSR count). The average molecular weight is 525 g/mol. The Kier molecular flexibility index (Phi) is 6.12. The quantitative estimate of drug-likeness (QED) is 0.103. The molecule has 4 heterocycles. The SMILES string of the molecule is CON=C(C(=O)NC1C(=O)N2C(C(=O)[O-])=C(C[n+]3ccc4c(N)cccc4c3)CS[C@@H]12)c1noc(N)n1. The number of pyridine rings is 1. The molecule has 1 aromatic carbocycles. The number of nitrogens with two attached hydrogens (primary N) is 2. The number of hydrogen-bond donors (Lipinski definition) is 3. The Bertz CT molecular complexity index is 1500. The van der Waals surface area contributed by atoms with Gasteiger partial charge in [0.2, 0.25) is 11.5 Å². The highest BCUT2D eigenvalue weighted by Gasteiger charge is 2.53. The standard InChI is InChI=1S/C22H20N8O6S/c1-35-27-14(17-26-22(24)36-28-17)18(31)25-15-19(32)30-16(21(33)34)11(9-37-20(15)30)8-29-6-5-12-10(7-29)3-2-4-13(12)23/h2-7,15,20H,8-9,23H2,1H3,(H3-,24,25,26,28,31,33,34)/t15?,20-/m0/s1. The molecule has 0 spiro atoms. The number of hydrogen-bond acceptors (Lipinski definition) is 12. The Balaban J connectivity index is 1.36. The second-order valence-corrected chi connectivity index (χ2v) is 9.25. The fourth-order valence-corrected chi connectivity index (χ4v) is 5.56. The third kappa shape index (κ3) is 4.29. The maximum absolute atomic E-state index is 13.0. The van der Waals surface area contributed by atoms with E-state index in [0.717, 1.165) is 15.7 Å². The van der Waals surface area contributed by atoms with Gasteiger partial charge in [-0.3, -0.25) is 14.5 Å². The Morgan fingerprint density at radius 2 is 2.19 bits per heavy atom. The highest BCUT2D eigenvalue weighted by atomic mass is 32.2. The molecule has 1 unspecified atom stereocenters. The number of oxime groups is 1. The van der Waals surface area contributed by atoms with Crippen LogP contribution in [0.1, 0.15) is 5.82 Å². The molecule has 2 atom stereocenters. The van der Waals surface area contributed by atoms with Gasteiger partial charge in [0, 0.05) is 33.9 Å². The van der Waals surface area contributed by atoms with Gasteiger partial charge in [-0.25, -0.2) is 4.57 Å². The molecule has 15 heteroatoms. The Morgan fingerprint density at radius 1 is 1.38 bits per heavy atom. The normalized spacial score (nSPS) is 19.4. The van der Waals surface area contributed by atoms with Crippen LogP contribution in [0, 0.1) is 0 Å². The number of anilines is 2. The first-order valence-corrected chi connectivity index (χ1v) is 11.9. The fraction of sp³-hybridized carbons (Fsp3) is 0.227. The van der Waals surface area contributed by atoms with Crippen molar-refractivity contribution in [2.75, 3.05) is 24.3 Å². The fourth-order valence-electron chi connectivity index (χ4n) is 4.23. The number of nitrogens with one attached hydrogen (secondary N) is 1. The van der Waals surface area contributed by atoms with Crippen LogP contribution in [0.3, 0.4) is 0 Å². The molecule has 14 nitrogen and oxygen atoms in total. The summed E-state index contributed by atoms with van der Waals surface area (Å²) in [4.78, 5) is 47.4. The lowest BCUT2D eigenvalue weighted by Gasteiger charge is -2.50. The summed E-state index contributed by atoms with van der Waals surface area (Å²) in [5.74, 6) is -2.84. The van der Waals surface area contributed by atoms with Gasteiger partial charge in [-0.05, 0) is 12.1 Å². The minimum atomic E-state index is -1.48. The number of benzene rings is 1. The Labute approximate surface area is 212 Å². The number of carboxylic acid groups (broad SMARTS) is 1. The van der Waals surface area contributed by atoms with Crippen LogP contribution >= 0.6 is 11.8 Å². The first-order chi connectivity index (χ1) is 17.8. The number of nitrogens with zero attached hydrogens (tertiary/aromatic N) is 5. The van der Waals surface area contributed by atoms with E-state index in [1.165, 1.54) is 18.9 Å². The van der Waals surface area contributed by atoms with Crippen molar-refractivity contribution in [2.45, 2.75) is 18.0 Å². The van der Waals surface area contributed by atoms with Crippen LogP contribution in [0.2, 0.25) is 0 Å². The number of fused-ring (bicyclic) bond motifs is 2. The summed E-state index contributed by atoms with van der Waals surface area (Å²) in [6.45, 7) is 0.221. The molecule has 0 saturated carbocycles. The van der Waals surface area contributed by atoms with Gasteiger partial charge in [-0.1, -0.05) is 16.4 Å². The molecule has 5 N–H and O–H groups in total. The van der Waals surface area contributed by atoms with Gasteiger partial charge in [-0.15, -0.1) is 11.8 Å². The molecule has 37 heavy (non-hydrogen) atoms. The van der Waals surface area contributed by atoms with Crippen LogP contribution in [0.25, 0.3) is 10.8 Å². The van der Waals surface area contributed by atoms with E-state index in [1.807, 2.05) is 29.0 Å². The molecule has 2 aromatic heterocycles. The van der Waals surface area contributed by atoms with Gasteiger partial charge < -0.3 is 36.0 Å². The Morgan fingerprint density at radius 3 is 2.89 bits per heavy atom. The lowest BCUT2D eigenvalue weighted by atomic mass is 10.0. The van der Waals surface area contributed by atoms with Crippen LogP contribution in [-0.4, -0.2) is 62.8 Å². The zero-order valence-electron chi connectivity index (χ0n) is 19.3. The largest absolute Gasteiger partial charge is 0.543 e. The van der Waals surface area contributed by atoms with Gasteiger partial charge in [0.25, 0.3) is 11.8 Å². The molecule has 0 radical (unpaired) electrons. The van der Waals surface area contributed by atoms with Crippen molar-refractivity contribution in [1.82, 2.24) is 20.4 Å². The number of carbonyl (C=O) groups excluding carboxylic acids is 3.